The van der Waals surface area contributed by atoms with E-state index in [0.717, 1.165) is 17.2 Å². The van der Waals surface area contributed by atoms with Crippen molar-refractivity contribution in [2.24, 2.45) is 0 Å². The zero-order valence-corrected chi connectivity index (χ0v) is 11.8. The minimum absolute atomic E-state index is 0.128. The van der Waals surface area contributed by atoms with Crippen LogP contribution in [0, 0.1) is 6.92 Å². The van der Waals surface area contributed by atoms with Gasteiger partial charge in [-0.3, -0.25) is 4.79 Å². The Balaban J connectivity index is 2.07. The standard InChI is InChI=1S/C14H18N4O2/c1-9-15-7-12(17-9)8-16-11-4-5-13(18-10(2)19)14(6-11)20-3/h4-7,16H,8H2,1-3H3,(H,15,17)(H,18,19). The molecule has 2 aromatic rings. The highest BCUT2D eigenvalue weighted by molar-refractivity contribution is 5.90. The fraction of sp³-hybridized carbons (Fsp3) is 0.286. The molecule has 0 unspecified atom stereocenters. The summed E-state index contributed by atoms with van der Waals surface area (Å²) in [7, 11) is 1.57. The van der Waals surface area contributed by atoms with Crippen molar-refractivity contribution in [3.8, 4) is 5.75 Å². The number of carbonyl (C=O) groups is 1. The third-order valence-electron chi connectivity index (χ3n) is 2.75. The molecule has 0 atom stereocenters. The molecule has 0 saturated carbocycles. The Bertz CT molecular complexity index is 607. The molecular weight excluding hydrogens is 256 g/mol. The summed E-state index contributed by atoms with van der Waals surface area (Å²) in [5.41, 5.74) is 2.57. The zero-order chi connectivity index (χ0) is 14.5. The summed E-state index contributed by atoms with van der Waals surface area (Å²) in [6, 6.07) is 5.53. The number of imidazole rings is 1. The first-order chi connectivity index (χ1) is 9.58. The van der Waals surface area contributed by atoms with E-state index in [1.54, 1.807) is 19.4 Å². The van der Waals surface area contributed by atoms with E-state index < -0.39 is 0 Å². The SMILES string of the molecule is COc1cc(NCc2cnc(C)[nH]2)ccc1NC(C)=O. The number of aromatic nitrogens is 2. The fourth-order valence-electron chi connectivity index (χ4n) is 1.85. The van der Waals surface area contributed by atoms with Crippen LogP contribution in [0.4, 0.5) is 11.4 Å². The number of aryl methyl sites for hydroxylation is 1. The molecule has 6 heteroatoms. The largest absolute Gasteiger partial charge is 0.494 e. The van der Waals surface area contributed by atoms with Gasteiger partial charge in [0, 0.05) is 18.7 Å². The Labute approximate surface area is 117 Å². The maximum atomic E-state index is 11.1. The summed E-state index contributed by atoms with van der Waals surface area (Å²) in [6.45, 7) is 4.02. The van der Waals surface area contributed by atoms with E-state index in [0.29, 0.717) is 18.0 Å². The number of methoxy groups -OCH3 is 1. The Morgan fingerprint density at radius 1 is 1.45 bits per heavy atom. The number of benzene rings is 1. The third-order valence-corrected chi connectivity index (χ3v) is 2.75. The number of anilines is 2. The van der Waals surface area contributed by atoms with Gasteiger partial charge in [0.2, 0.25) is 5.91 Å². The lowest BCUT2D eigenvalue weighted by Gasteiger charge is -2.12. The summed E-state index contributed by atoms with van der Waals surface area (Å²) in [6.07, 6.45) is 1.80. The number of carbonyl (C=O) groups excluding carboxylic acids is 1. The van der Waals surface area contributed by atoms with Crippen molar-refractivity contribution in [2.75, 3.05) is 17.7 Å². The van der Waals surface area contributed by atoms with E-state index in [9.17, 15) is 4.79 Å². The first-order valence-electron chi connectivity index (χ1n) is 6.28. The number of nitrogens with one attached hydrogen (secondary N) is 3. The van der Waals surface area contributed by atoms with E-state index in [1.807, 2.05) is 19.1 Å². The van der Waals surface area contributed by atoms with Crippen molar-refractivity contribution >= 4 is 17.3 Å². The highest BCUT2D eigenvalue weighted by Crippen LogP contribution is 2.28. The highest BCUT2D eigenvalue weighted by atomic mass is 16.5. The summed E-state index contributed by atoms with van der Waals surface area (Å²) >= 11 is 0. The van der Waals surface area contributed by atoms with Gasteiger partial charge in [0.15, 0.2) is 0 Å². The minimum atomic E-state index is -0.128. The number of H-pyrrole nitrogens is 1. The first kappa shape index (κ1) is 13.9. The number of rotatable bonds is 5. The molecule has 106 valence electrons. The smallest absolute Gasteiger partial charge is 0.221 e. The van der Waals surface area contributed by atoms with Gasteiger partial charge in [-0.25, -0.2) is 4.98 Å². The van der Waals surface area contributed by atoms with Crippen molar-refractivity contribution < 1.29 is 9.53 Å². The number of ether oxygens (including phenoxy) is 1. The quantitative estimate of drug-likeness (QED) is 0.781. The van der Waals surface area contributed by atoms with Crippen molar-refractivity contribution in [3.05, 3.63) is 35.9 Å². The maximum Gasteiger partial charge on any atom is 0.221 e. The molecule has 3 N–H and O–H groups in total. The number of hydrogen-bond donors (Lipinski definition) is 3. The topological polar surface area (TPSA) is 79.0 Å². The van der Waals surface area contributed by atoms with Gasteiger partial charge < -0.3 is 20.4 Å². The Hall–Kier alpha value is -2.50. The van der Waals surface area contributed by atoms with Gasteiger partial charge in [-0.2, -0.15) is 0 Å². The van der Waals surface area contributed by atoms with Gasteiger partial charge in [-0.1, -0.05) is 0 Å². The van der Waals surface area contributed by atoms with Crippen LogP contribution in [0.1, 0.15) is 18.4 Å². The van der Waals surface area contributed by atoms with Crippen LogP contribution in [-0.4, -0.2) is 23.0 Å². The summed E-state index contributed by atoms with van der Waals surface area (Å²) in [4.78, 5) is 18.4. The van der Waals surface area contributed by atoms with Crippen molar-refractivity contribution in [3.63, 3.8) is 0 Å². The average molecular weight is 274 g/mol. The predicted molar refractivity (Wildman–Crippen MR) is 77.9 cm³/mol. The normalized spacial score (nSPS) is 10.2. The van der Waals surface area contributed by atoms with Gasteiger partial charge in [0.05, 0.1) is 31.2 Å². The van der Waals surface area contributed by atoms with Crippen molar-refractivity contribution in [1.29, 1.82) is 0 Å². The van der Waals surface area contributed by atoms with E-state index in [-0.39, 0.29) is 5.91 Å². The van der Waals surface area contributed by atoms with Gasteiger partial charge in [-0.05, 0) is 19.1 Å². The molecular formula is C14H18N4O2. The predicted octanol–water partition coefficient (Wildman–Crippen LogP) is 2.30. The molecule has 6 nitrogen and oxygen atoms in total. The molecule has 0 aliphatic carbocycles. The van der Waals surface area contributed by atoms with Gasteiger partial charge in [0.1, 0.15) is 11.6 Å². The van der Waals surface area contributed by atoms with Crippen LogP contribution in [0.15, 0.2) is 24.4 Å². The van der Waals surface area contributed by atoms with E-state index in [2.05, 4.69) is 20.6 Å². The maximum absolute atomic E-state index is 11.1. The molecule has 0 bridgehead atoms. The Morgan fingerprint density at radius 2 is 2.25 bits per heavy atom. The summed E-state index contributed by atoms with van der Waals surface area (Å²) < 4.78 is 5.27. The Morgan fingerprint density at radius 3 is 2.85 bits per heavy atom. The molecule has 1 aromatic heterocycles. The molecule has 1 heterocycles. The van der Waals surface area contributed by atoms with Gasteiger partial charge in [0.25, 0.3) is 0 Å². The third kappa shape index (κ3) is 3.50. The van der Waals surface area contributed by atoms with Crippen LogP contribution in [0.5, 0.6) is 5.75 Å². The van der Waals surface area contributed by atoms with Crippen LogP contribution in [0.3, 0.4) is 0 Å². The second-order valence-electron chi connectivity index (χ2n) is 4.44. The van der Waals surface area contributed by atoms with Crippen molar-refractivity contribution in [1.82, 2.24) is 9.97 Å². The van der Waals surface area contributed by atoms with Crippen LogP contribution in [0.25, 0.3) is 0 Å². The van der Waals surface area contributed by atoms with E-state index in [4.69, 9.17) is 4.74 Å². The lowest BCUT2D eigenvalue weighted by molar-refractivity contribution is -0.114. The van der Waals surface area contributed by atoms with Crippen LogP contribution >= 0.6 is 0 Å². The number of aromatic amines is 1. The summed E-state index contributed by atoms with van der Waals surface area (Å²) in [5, 5.41) is 5.99. The molecule has 0 aliphatic rings. The fourth-order valence-corrected chi connectivity index (χ4v) is 1.85. The van der Waals surface area contributed by atoms with Gasteiger partial charge in [-0.15, -0.1) is 0 Å². The lowest BCUT2D eigenvalue weighted by Crippen LogP contribution is -2.07. The number of nitrogens with zero attached hydrogens (tertiary/aromatic N) is 1. The van der Waals surface area contributed by atoms with Crippen molar-refractivity contribution in [2.45, 2.75) is 20.4 Å². The molecule has 0 radical (unpaired) electrons. The zero-order valence-electron chi connectivity index (χ0n) is 11.8. The molecule has 1 aromatic carbocycles. The molecule has 1 amide bonds. The average Bonchev–Trinajstić information content (AvgIpc) is 2.83. The second kappa shape index (κ2) is 6.10. The summed E-state index contributed by atoms with van der Waals surface area (Å²) in [5.74, 6) is 1.38. The van der Waals surface area contributed by atoms with Crippen LogP contribution in [0.2, 0.25) is 0 Å². The number of hydrogen-bond acceptors (Lipinski definition) is 4. The van der Waals surface area contributed by atoms with E-state index >= 15 is 0 Å². The number of amides is 1. The molecule has 0 aliphatic heterocycles. The van der Waals surface area contributed by atoms with Crippen LogP contribution in [-0.2, 0) is 11.3 Å². The Kier molecular flexibility index (Phi) is 4.24. The molecule has 20 heavy (non-hydrogen) atoms. The monoisotopic (exact) mass is 274 g/mol. The van der Waals surface area contributed by atoms with Crippen LogP contribution < -0.4 is 15.4 Å². The molecule has 0 spiro atoms. The molecule has 0 fully saturated rings. The molecule has 0 saturated heterocycles. The second-order valence-corrected chi connectivity index (χ2v) is 4.44. The lowest BCUT2D eigenvalue weighted by atomic mass is 10.2. The van der Waals surface area contributed by atoms with E-state index in [1.165, 1.54) is 6.92 Å². The highest BCUT2D eigenvalue weighted by Gasteiger charge is 2.06. The molecule has 2 rings (SSSR count). The van der Waals surface area contributed by atoms with Gasteiger partial charge >= 0.3 is 0 Å². The first-order valence-corrected chi connectivity index (χ1v) is 6.28. The minimum Gasteiger partial charge on any atom is -0.494 e.